The zero-order chi connectivity index (χ0) is 18.7. The average Bonchev–Trinajstić information content (AvgIpc) is 3.16. The predicted octanol–water partition coefficient (Wildman–Crippen LogP) is 1.48. The highest BCUT2D eigenvalue weighted by molar-refractivity contribution is 5.81. The Morgan fingerprint density at radius 2 is 1.96 bits per heavy atom. The molecule has 2 aliphatic rings. The van der Waals surface area contributed by atoms with Crippen molar-refractivity contribution in [2.24, 2.45) is 5.92 Å². The van der Waals surface area contributed by atoms with E-state index in [0.29, 0.717) is 18.2 Å². The predicted molar refractivity (Wildman–Crippen MR) is 100.0 cm³/mol. The van der Waals surface area contributed by atoms with Crippen LogP contribution in [0.4, 0.5) is 0 Å². The number of amides is 2. The van der Waals surface area contributed by atoms with Gasteiger partial charge in [-0.2, -0.15) is 0 Å². The molecule has 6 nitrogen and oxygen atoms in total. The molecule has 0 aromatic heterocycles. The van der Waals surface area contributed by atoms with Gasteiger partial charge in [0.2, 0.25) is 5.91 Å². The maximum absolute atomic E-state index is 12.1. The number of fused-ring (bicyclic) bond motifs is 1. The number of rotatable bonds is 9. The summed E-state index contributed by atoms with van der Waals surface area (Å²) in [4.78, 5) is 26.2. The van der Waals surface area contributed by atoms with Crippen LogP contribution >= 0.6 is 0 Å². The lowest BCUT2D eigenvalue weighted by Crippen LogP contribution is -2.57. The topological polar surface area (TPSA) is 70.7 Å². The smallest absolute Gasteiger partial charge is 0.258 e. The van der Waals surface area contributed by atoms with Gasteiger partial charge >= 0.3 is 0 Å². The maximum atomic E-state index is 12.1. The van der Waals surface area contributed by atoms with Gasteiger partial charge in [0.1, 0.15) is 5.75 Å². The molecule has 142 valence electrons. The minimum absolute atomic E-state index is 0.0242. The second kappa shape index (κ2) is 7.66. The number of ether oxygens (including phenoxy) is 1. The van der Waals surface area contributed by atoms with Crippen LogP contribution in [0.1, 0.15) is 31.7 Å². The number of hydrogen-bond acceptors (Lipinski definition) is 4. The summed E-state index contributed by atoms with van der Waals surface area (Å²) in [6.07, 6.45) is 2.80. The van der Waals surface area contributed by atoms with Gasteiger partial charge in [-0.05, 0) is 51.9 Å². The molecule has 3 rings (SSSR count). The fourth-order valence-corrected chi connectivity index (χ4v) is 3.87. The summed E-state index contributed by atoms with van der Waals surface area (Å²) in [7, 11) is 1.96. The molecule has 2 aliphatic carbocycles. The maximum Gasteiger partial charge on any atom is 0.258 e. The van der Waals surface area contributed by atoms with Crippen molar-refractivity contribution >= 4 is 11.8 Å². The Hall–Kier alpha value is -2.08. The molecule has 0 heterocycles. The number of nitrogens with one attached hydrogen (secondary N) is 2. The molecular formula is C20H29N3O3. The van der Waals surface area contributed by atoms with Crippen LogP contribution in [0.5, 0.6) is 5.75 Å². The highest BCUT2D eigenvalue weighted by atomic mass is 16.5. The van der Waals surface area contributed by atoms with Crippen molar-refractivity contribution in [3.8, 4) is 5.75 Å². The molecule has 0 aliphatic heterocycles. The van der Waals surface area contributed by atoms with Crippen molar-refractivity contribution in [1.82, 2.24) is 15.5 Å². The number of aryl methyl sites for hydroxylation is 1. The molecule has 3 atom stereocenters. The van der Waals surface area contributed by atoms with E-state index in [1.54, 1.807) is 0 Å². The summed E-state index contributed by atoms with van der Waals surface area (Å²) in [6, 6.07) is 7.84. The van der Waals surface area contributed by atoms with Gasteiger partial charge in [-0.25, -0.2) is 0 Å². The number of hydrogen-bond donors (Lipinski definition) is 2. The van der Waals surface area contributed by atoms with Gasteiger partial charge in [0.15, 0.2) is 6.61 Å². The van der Waals surface area contributed by atoms with Gasteiger partial charge in [0.25, 0.3) is 5.91 Å². The van der Waals surface area contributed by atoms with Crippen LogP contribution in [0.2, 0.25) is 0 Å². The summed E-state index contributed by atoms with van der Waals surface area (Å²) in [5, 5.41) is 6.18. The minimum Gasteiger partial charge on any atom is -0.484 e. The Morgan fingerprint density at radius 1 is 1.23 bits per heavy atom. The minimum atomic E-state index is -0.110. The van der Waals surface area contributed by atoms with Crippen LogP contribution in [-0.2, 0) is 9.59 Å². The Labute approximate surface area is 155 Å². The third kappa shape index (κ3) is 4.36. The van der Waals surface area contributed by atoms with Gasteiger partial charge in [-0.15, -0.1) is 0 Å². The van der Waals surface area contributed by atoms with Gasteiger partial charge in [0.05, 0.1) is 6.54 Å². The molecule has 2 fully saturated rings. The van der Waals surface area contributed by atoms with Crippen LogP contribution < -0.4 is 15.4 Å². The highest BCUT2D eigenvalue weighted by Gasteiger charge is 2.68. The monoisotopic (exact) mass is 359 g/mol. The van der Waals surface area contributed by atoms with Crippen LogP contribution in [0.15, 0.2) is 24.3 Å². The molecule has 0 bridgehead atoms. The van der Waals surface area contributed by atoms with E-state index in [-0.39, 0.29) is 30.0 Å². The zero-order valence-corrected chi connectivity index (χ0v) is 15.9. The Morgan fingerprint density at radius 3 is 2.62 bits per heavy atom. The number of benzene rings is 1. The summed E-state index contributed by atoms with van der Waals surface area (Å²) >= 11 is 0. The molecule has 2 saturated carbocycles. The normalized spacial score (nSPS) is 25.8. The van der Waals surface area contributed by atoms with Crippen molar-refractivity contribution < 1.29 is 14.3 Å². The number of nitrogens with zero attached hydrogens (tertiary/aromatic N) is 1. The van der Waals surface area contributed by atoms with E-state index in [1.807, 2.05) is 43.1 Å². The molecule has 1 aromatic carbocycles. The zero-order valence-electron chi connectivity index (χ0n) is 15.9. The first-order chi connectivity index (χ1) is 12.4. The summed E-state index contributed by atoms with van der Waals surface area (Å²) in [5.74, 6) is 1.04. The van der Waals surface area contributed by atoms with E-state index in [2.05, 4.69) is 17.6 Å². The van der Waals surface area contributed by atoms with E-state index < -0.39 is 0 Å². The lowest BCUT2D eigenvalue weighted by atomic mass is 9.86. The number of carbonyl (C=O) groups excluding carboxylic acids is 2. The number of likely N-dealkylation sites (N-methyl/N-ethyl adjacent to an activating group) is 1. The largest absolute Gasteiger partial charge is 0.484 e. The van der Waals surface area contributed by atoms with E-state index in [1.165, 1.54) is 0 Å². The molecule has 6 heteroatoms. The lowest BCUT2D eigenvalue weighted by Gasteiger charge is -2.36. The van der Waals surface area contributed by atoms with E-state index in [9.17, 15) is 9.59 Å². The standard InChI is InChI=1S/C20H29N3O3/c1-4-9-23(3)12-18(24)21-17-11-20(10-16(17)20)22-19(25)13-26-15-7-5-14(2)6-8-15/h5-8,16-17H,4,9-13H2,1-3H3,(H,21,24)(H,22,25). The van der Waals surface area contributed by atoms with E-state index in [0.717, 1.165) is 31.4 Å². The van der Waals surface area contributed by atoms with Crippen LogP contribution in [0, 0.1) is 12.8 Å². The Bertz CT molecular complexity index is 661. The first-order valence-electron chi connectivity index (χ1n) is 9.40. The third-order valence-corrected chi connectivity index (χ3v) is 5.35. The molecule has 1 aromatic rings. The first-order valence-corrected chi connectivity index (χ1v) is 9.40. The number of carbonyl (C=O) groups is 2. The van der Waals surface area contributed by atoms with Crippen molar-refractivity contribution in [1.29, 1.82) is 0 Å². The molecule has 2 N–H and O–H groups in total. The first kappa shape index (κ1) is 18.7. The van der Waals surface area contributed by atoms with Crippen molar-refractivity contribution in [3.05, 3.63) is 29.8 Å². The molecule has 0 radical (unpaired) electrons. The molecule has 2 amide bonds. The summed E-state index contributed by atoms with van der Waals surface area (Å²) in [6.45, 7) is 5.49. The van der Waals surface area contributed by atoms with Crippen molar-refractivity contribution in [2.75, 3.05) is 26.7 Å². The van der Waals surface area contributed by atoms with E-state index >= 15 is 0 Å². The van der Waals surface area contributed by atoms with Crippen LogP contribution in [0.25, 0.3) is 0 Å². The Kier molecular flexibility index (Phi) is 5.51. The van der Waals surface area contributed by atoms with Gasteiger partial charge in [-0.1, -0.05) is 24.6 Å². The summed E-state index contributed by atoms with van der Waals surface area (Å²) < 4.78 is 5.53. The Balaban J connectivity index is 1.36. The van der Waals surface area contributed by atoms with Crippen molar-refractivity contribution in [2.45, 2.75) is 44.7 Å². The lowest BCUT2D eigenvalue weighted by molar-refractivity contribution is -0.125. The molecule has 3 unspecified atom stereocenters. The fourth-order valence-electron chi connectivity index (χ4n) is 3.87. The SMILES string of the molecule is CCCN(C)CC(=O)NC1CC2(NC(=O)COc3ccc(C)cc3)CC12. The fraction of sp³-hybridized carbons (Fsp3) is 0.600. The van der Waals surface area contributed by atoms with Crippen molar-refractivity contribution in [3.63, 3.8) is 0 Å². The molecule has 0 spiro atoms. The van der Waals surface area contributed by atoms with Crippen LogP contribution in [0.3, 0.4) is 0 Å². The van der Waals surface area contributed by atoms with Gasteiger partial charge in [-0.3, -0.25) is 14.5 Å². The highest BCUT2D eigenvalue weighted by Crippen LogP contribution is 2.59. The molecular weight excluding hydrogens is 330 g/mol. The quantitative estimate of drug-likeness (QED) is 0.701. The molecule has 26 heavy (non-hydrogen) atoms. The molecule has 0 saturated heterocycles. The second-order valence-electron chi connectivity index (χ2n) is 7.73. The van der Waals surface area contributed by atoms with Crippen LogP contribution in [-0.4, -0.2) is 55.0 Å². The summed E-state index contributed by atoms with van der Waals surface area (Å²) in [5.41, 5.74) is 1.05. The third-order valence-electron chi connectivity index (χ3n) is 5.35. The van der Waals surface area contributed by atoms with Gasteiger partial charge < -0.3 is 15.4 Å². The van der Waals surface area contributed by atoms with Gasteiger partial charge in [0, 0.05) is 17.5 Å². The average molecular weight is 359 g/mol. The van der Waals surface area contributed by atoms with E-state index in [4.69, 9.17) is 4.74 Å². The second-order valence-corrected chi connectivity index (χ2v) is 7.73.